The van der Waals surface area contributed by atoms with Crippen molar-refractivity contribution < 1.29 is 4.79 Å². The van der Waals surface area contributed by atoms with Gasteiger partial charge < -0.3 is 10.2 Å². The van der Waals surface area contributed by atoms with Crippen LogP contribution in [0, 0.1) is 0 Å². The van der Waals surface area contributed by atoms with Crippen LogP contribution in [0.2, 0.25) is 0 Å². The van der Waals surface area contributed by atoms with E-state index in [4.69, 9.17) is 0 Å². The monoisotopic (exact) mass is 266 g/mol. The number of hydrogen-bond donors (Lipinski definition) is 1. The number of nitrogens with zero attached hydrogens (tertiary/aromatic N) is 1. The van der Waals surface area contributed by atoms with Crippen molar-refractivity contribution in [3.8, 4) is 0 Å². The summed E-state index contributed by atoms with van der Waals surface area (Å²) < 4.78 is 0. The largest absolute Gasteiger partial charge is 0.315 e. The third-order valence-corrected chi connectivity index (χ3v) is 3.67. The van der Waals surface area contributed by atoms with Gasteiger partial charge in [-0.05, 0) is 37.2 Å². The van der Waals surface area contributed by atoms with Crippen LogP contribution in [-0.4, -0.2) is 25.0 Å². The number of carbonyl (C=O) groups excluding carboxylic acids is 1. The minimum absolute atomic E-state index is 0.0745. The normalized spacial score (nSPS) is 17.9. The van der Waals surface area contributed by atoms with Crippen molar-refractivity contribution in [1.82, 2.24) is 5.32 Å². The van der Waals surface area contributed by atoms with Crippen LogP contribution in [-0.2, 0) is 0 Å². The molecule has 3 heteroatoms. The molecule has 1 unspecified atom stereocenters. The highest BCUT2D eigenvalue weighted by Crippen LogP contribution is 2.22. The topological polar surface area (TPSA) is 32.3 Å². The second-order valence-electron chi connectivity index (χ2n) is 5.02. The highest BCUT2D eigenvalue weighted by Gasteiger charge is 2.28. The molecule has 0 radical (unpaired) electrons. The van der Waals surface area contributed by atoms with E-state index in [0.717, 1.165) is 30.8 Å². The van der Waals surface area contributed by atoms with Gasteiger partial charge in [-0.15, -0.1) is 0 Å². The molecule has 20 heavy (non-hydrogen) atoms. The molecule has 1 saturated heterocycles. The van der Waals surface area contributed by atoms with Gasteiger partial charge in [0.05, 0.1) is 6.04 Å². The van der Waals surface area contributed by atoms with Gasteiger partial charge in [0.15, 0.2) is 0 Å². The maximum Gasteiger partial charge on any atom is 0.258 e. The van der Waals surface area contributed by atoms with Crippen molar-refractivity contribution in [2.75, 3.05) is 18.0 Å². The van der Waals surface area contributed by atoms with Crippen LogP contribution < -0.4 is 10.2 Å². The van der Waals surface area contributed by atoms with Gasteiger partial charge in [0.1, 0.15) is 0 Å². The van der Waals surface area contributed by atoms with Gasteiger partial charge in [0, 0.05) is 17.8 Å². The summed E-state index contributed by atoms with van der Waals surface area (Å²) >= 11 is 0. The van der Waals surface area contributed by atoms with Gasteiger partial charge in [-0.2, -0.15) is 0 Å². The lowest BCUT2D eigenvalue weighted by Crippen LogP contribution is -2.41. The summed E-state index contributed by atoms with van der Waals surface area (Å²) in [4.78, 5) is 14.8. The Balaban J connectivity index is 1.95. The minimum atomic E-state index is 0.0745. The summed E-state index contributed by atoms with van der Waals surface area (Å²) in [5.41, 5.74) is 1.71. The summed E-state index contributed by atoms with van der Waals surface area (Å²) in [6, 6.07) is 19.6. The summed E-state index contributed by atoms with van der Waals surface area (Å²) in [7, 11) is 0. The number of amides is 1. The van der Waals surface area contributed by atoms with E-state index in [2.05, 4.69) is 5.32 Å². The number of anilines is 1. The molecular weight excluding hydrogens is 248 g/mol. The van der Waals surface area contributed by atoms with E-state index in [1.54, 1.807) is 0 Å². The third-order valence-electron chi connectivity index (χ3n) is 3.67. The lowest BCUT2D eigenvalue weighted by molar-refractivity contribution is 0.0978. The Morgan fingerprint density at radius 3 is 2.25 bits per heavy atom. The zero-order valence-electron chi connectivity index (χ0n) is 11.3. The Bertz CT molecular complexity index is 562. The van der Waals surface area contributed by atoms with E-state index < -0.39 is 0 Å². The predicted octanol–water partition coefficient (Wildman–Crippen LogP) is 2.70. The first-order valence-corrected chi connectivity index (χ1v) is 7.00. The third kappa shape index (κ3) is 2.58. The van der Waals surface area contributed by atoms with Crippen LogP contribution in [0.1, 0.15) is 16.8 Å². The fourth-order valence-electron chi connectivity index (χ4n) is 2.66. The van der Waals surface area contributed by atoms with E-state index in [0.29, 0.717) is 0 Å². The highest BCUT2D eigenvalue weighted by atomic mass is 16.2. The summed E-state index contributed by atoms with van der Waals surface area (Å²) in [6.07, 6.45) is 0.994. The number of hydrogen-bond acceptors (Lipinski definition) is 2. The summed E-state index contributed by atoms with van der Waals surface area (Å²) in [5, 5.41) is 3.34. The van der Waals surface area contributed by atoms with Crippen LogP contribution in [0.5, 0.6) is 0 Å². The second kappa shape index (κ2) is 5.88. The molecule has 0 aromatic heterocycles. The Morgan fingerprint density at radius 2 is 1.65 bits per heavy atom. The molecule has 1 atom stereocenters. The van der Waals surface area contributed by atoms with Crippen LogP contribution in [0.3, 0.4) is 0 Å². The fraction of sp³-hybridized carbons (Fsp3) is 0.235. The van der Waals surface area contributed by atoms with Gasteiger partial charge in [-0.3, -0.25) is 4.79 Å². The number of benzene rings is 2. The van der Waals surface area contributed by atoms with Gasteiger partial charge >= 0.3 is 0 Å². The van der Waals surface area contributed by atoms with E-state index in [9.17, 15) is 4.79 Å². The van der Waals surface area contributed by atoms with Crippen molar-refractivity contribution in [2.24, 2.45) is 0 Å². The lowest BCUT2D eigenvalue weighted by atomic mass is 10.1. The Labute approximate surface area is 119 Å². The zero-order valence-corrected chi connectivity index (χ0v) is 11.3. The van der Waals surface area contributed by atoms with E-state index in [-0.39, 0.29) is 11.9 Å². The molecule has 1 fully saturated rings. The second-order valence-corrected chi connectivity index (χ2v) is 5.02. The number of nitrogens with one attached hydrogen (secondary N) is 1. The van der Waals surface area contributed by atoms with Crippen molar-refractivity contribution in [3.05, 3.63) is 66.2 Å². The molecule has 0 bridgehead atoms. The van der Waals surface area contributed by atoms with Gasteiger partial charge in [0.2, 0.25) is 0 Å². The van der Waals surface area contributed by atoms with Gasteiger partial charge in [-0.1, -0.05) is 36.4 Å². The molecule has 1 amide bonds. The average molecular weight is 266 g/mol. The molecule has 2 aromatic rings. The van der Waals surface area contributed by atoms with Gasteiger partial charge in [0.25, 0.3) is 5.91 Å². The number of para-hydroxylation sites is 1. The molecular formula is C17H18N2O. The quantitative estimate of drug-likeness (QED) is 0.926. The number of carbonyl (C=O) groups is 1. The summed E-state index contributed by atoms with van der Waals surface area (Å²) in [6.45, 7) is 1.82. The fourth-order valence-corrected chi connectivity index (χ4v) is 2.66. The van der Waals surface area contributed by atoms with Crippen LogP contribution >= 0.6 is 0 Å². The van der Waals surface area contributed by atoms with E-state index in [1.165, 1.54) is 0 Å². The van der Waals surface area contributed by atoms with Crippen LogP contribution in [0.15, 0.2) is 60.7 Å². The SMILES string of the molecule is O=C(c1ccccc1)N(c1ccccc1)C1CCNC1. The maximum absolute atomic E-state index is 12.8. The molecule has 1 N–H and O–H groups in total. The maximum atomic E-state index is 12.8. The zero-order chi connectivity index (χ0) is 13.8. The molecule has 0 spiro atoms. The smallest absolute Gasteiger partial charge is 0.258 e. The van der Waals surface area contributed by atoms with Crippen LogP contribution in [0.4, 0.5) is 5.69 Å². The predicted molar refractivity (Wildman–Crippen MR) is 81.0 cm³/mol. The van der Waals surface area contributed by atoms with E-state index >= 15 is 0 Å². The van der Waals surface area contributed by atoms with E-state index in [1.807, 2.05) is 65.6 Å². The lowest BCUT2D eigenvalue weighted by Gasteiger charge is -2.28. The Hall–Kier alpha value is -2.13. The van der Waals surface area contributed by atoms with Gasteiger partial charge in [-0.25, -0.2) is 0 Å². The van der Waals surface area contributed by atoms with Crippen molar-refractivity contribution in [3.63, 3.8) is 0 Å². The molecule has 0 saturated carbocycles. The first kappa shape index (κ1) is 12.9. The minimum Gasteiger partial charge on any atom is -0.315 e. The van der Waals surface area contributed by atoms with Crippen LogP contribution in [0.25, 0.3) is 0 Å². The Morgan fingerprint density at radius 1 is 1.00 bits per heavy atom. The molecule has 1 aliphatic heterocycles. The van der Waals surface area contributed by atoms with Crippen molar-refractivity contribution >= 4 is 11.6 Å². The number of rotatable bonds is 3. The molecule has 3 rings (SSSR count). The molecule has 1 aliphatic rings. The standard InChI is InChI=1S/C17H18N2O/c20-17(14-7-3-1-4-8-14)19(16-11-12-18-13-16)15-9-5-2-6-10-15/h1-10,16,18H,11-13H2. The highest BCUT2D eigenvalue weighted by molar-refractivity contribution is 6.06. The molecule has 2 aromatic carbocycles. The van der Waals surface area contributed by atoms with Crippen molar-refractivity contribution in [1.29, 1.82) is 0 Å². The van der Waals surface area contributed by atoms with Crippen molar-refractivity contribution in [2.45, 2.75) is 12.5 Å². The Kier molecular flexibility index (Phi) is 3.79. The first-order valence-electron chi connectivity index (χ1n) is 7.00. The molecule has 0 aliphatic carbocycles. The average Bonchev–Trinajstić information content (AvgIpc) is 3.03. The molecule has 1 heterocycles. The molecule has 3 nitrogen and oxygen atoms in total. The first-order chi connectivity index (χ1) is 9.86. The summed E-state index contributed by atoms with van der Waals surface area (Å²) in [5.74, 6) is 0.0745. The molecule has 102 valence electrons.